The molecule has 0 N–H and O–H groups in total. The summed E-state index contributed by atoms with van der Waals surface area (Å²) in [4.78, 5) is 35.0. The summed E-state index contributed by atoms with van der Waals surface area (Å²) < 4.78 is 49.3. The first-order chi connectivity index (χ1) is 16.6. The van der Waals surface area contributed by atoms with Crippen LogP contribution in [0.3, 0.4) is 0 Å². The SMILES string of the molecule is COc1ccc(CN([C@@H]2C(=O)OCCC(=O)O[C@@H]2C)S(=O)(=O)c2ccc([N+](=O)[O-])cc2)c(OC)c1. The highest BCUT2D eigenvalue weighted by molar-refractivity contribution is 7.89. The molecule has 1 saturated heterocycles. The largest absolute Gasteiger partial charge is 0.497 e. The van der Waals surface area contributed by atoms with E-state index in [0.717, 1.165) is 28.6 Å². The number of cyclic esters (lactones) is 2. The summed E-state index contributed by atoms with van der Waals surface area (Å²) >= 11 is 0. The van der Waals surface area contributed by atoms with E-state index in [9.17, 15) is 28.1 Å². The molecule has 13 heteroatoms. The van der Waals surface area contributed by atoms with Gasteiger partial charge in [-0.2, -0.15) is 4.31 Å². The van der Waals surface area contributed by atoms with Crippen LogP contribution in [-0.4, -0.2) is 62.6 Å². The normalized spacial score (nSPS) is 18.7. The van der Waals surface area contributed by atoms with Crippen molar-refractivity contribution >= 4 is 27.6 Å². The van der Waals surface area contributed by atoms with Crippen LogP contribution < -0.4 is 9.47 Å². The number of carbonyl (C=O) groups excluding carboxylic acids is 2. The van der Waals surface area contributed by atoms with Crippen LogP contribution in [-0.2, 0) is 35.6 Å². The van der Waals surface area contributed by atoms with Crippen molar-refractivity contribution in [3.05, 3.63) is 58.1 Å². The Labute approximate surface area is 201 Å². The predicted molar refractivity (Wildman–Crippen MR) is 120 cm³/mol. The van der Waals surface area contributed by atoms with Crippen molar-refractivity contribution in [2.45, 2.75) is 36.9 Å². The number of non-ortho nitro benzene ring substituents is 1. The third-order valence-corrected chi connectivity index (χ3v) is 7.18. The zero-order chi connectivity index (χ0) is 25.8. The zero-order valence-corrected chi connectivity index (χ0v) is 20.0. The summed E-state index contributed by atoms with van der Waals surface area (Å²) in [6.07, 6.45) is -1.35. The second-order valence-electron chi connectivity index (χ2n) is 7.54. The number of nitro groups is 1. The van der Waals surface area contributed by atoms with Gasteiger partial charge in [0.2, 0.25) is 10.0 Å². The Bertz CT molecular complexity index is 1210. The number of carbonyl (C=O) groups is 2. The highest BCUT2D eigenvalue weighted by Gasteiger charge is 2.43. The third kappa shape index (κ3) is 5.69. The maximum atomic E-state index is 13.8. The van der Waals surface area contributed by atoms with Gasteiger partial charge >= 0.3 is 11.9 Å². The molecule has 0 amide bonds. The molecule has 0 radical (unpaired) electrons. The molecule has 0 aromatic heterocycles. The summed E-state index contributed by atoms with van der Waals surface area (Å²) in [5.74, 6) is -0.798. The van der Waals surface area contributed by atoms with Crippen LogP contribution >= 0.6 is 0 Å². The van der Waals surface area contributed by atoms with Gasteiger partial charge in [-0.1, -0.05) is 6.07 Å². The molecule has 1 heterocycles. The Hall–Kier alpha value is -3.71. The van der Waals surface area contributed by atoms with Gasteiger partial charge in [0.15, 0.2) is 6.04 Å². The van der Waals surface area contributed by atoms with Crippen LogP contribution in [0.1, 0.15) is 18.9 Å². The number of methoxy groups -OCH3 is 2. The average Bonchev–Trinajstić information content (AvgIpc) is 2.82. The van der Waals surface area contributed by atoms with E-state index >= 15 is 0 Å². The molecular formula is C22H24N2O10S. The molecule has 35 heavy (non-hydrogen) atoms. The van der Waals surface area contributed by atoms with Crippen molar-refractivity contribution in [2.24, 2.45) is 0 Å². The van der Waals surface area contributed by atoms with Crippen LogP contribution in [0.4, 0.5) is 5.69 Å². The number of hydrogen-bond donors (Lipinski definition) is 0. The number of nitrogens with zero attached hydrogens (tertiary/aromatic N) is 2. The fraction of sp³-hybridized carbons (Fsp3) is 0.364. The summed E-state index contributed by atoms with van der Waals surface area (Å²) in [6.45, 7) is 0.755. The van der Waals surface area contributed by atoms with Crippen molar-refractivity contribution in [1.29, 1.82) is 0 Å². The van der Waals surface area contributed by atoms with Gasteiger partial charge in [0, 0.05) is 30.3 Å². The van der Waals surface area contributed by atoms with Crippen molar-refractivity contribution in [3.8, 4) is 11.5 Å². The van der Waals surface area contributed by atoms with Crippen LogP contribution in [0.2, 0.25) is 0 Å². The molecule has 3 rings (SSSR count). The van der Waals surface area contributed by atoms with Gasteiger partial charge in [0.25, 0.3) is 5.69 Å². The molecule has 2 aromatic carbocycles. The smallest absolute Gasteiger partial charge is 0.328 e. The van der Waals surface area contributed by atoms with Crippen LogP contribution in [0.5, 0.6) is 11.5 Å². The molecule has 0 unspecified atom stereocenters. The second-order valence-corrected chi connectivity index (χ2v) is 9.43. The second kappa shape index (κ2) is 10.7. The Kier molecular flexibility index (Phi) is 7.92. The van der Waals surface area contributed by atoms with Gasteiger partial charge in [-0.25, -0.2) is 8.42 Å². The molecule has 2 atom stereocenters. The minimum absolute atomic E-state index is 0.162. The van der Waals surface area contributed by atoms with Crippen molar-refractivity contribution < 1.29 is 41.9 Å². The van der Waals surface area contributed by atoms with Gasteiger partial charge in [-0.15, -0.1) is 0 Å². The quantitative estimate of drug-likeness (QED) is 0.294. The molecule has 0 bridgehead atoms. The van der Waals surface area contributed by atoms with Crippen molar-refractivity contribution in [1.82, 2.24) is 4.31 Å². The molecule has 1 aliphatic heterocycles. The highest BCUT2D eigenvalue weighted by atomic mass is 32.2. The molecule has 0 saturated carbocycles. The van der Waals surface area contributed by atoms with Gasteiger partial charge < -0.3 is 18.9 Å². The third-order valence-electron chi connectivity index (χ3n) is 5.34. The molecular weight excluding hydrogens is 484 g/mol. The average molecular weight is 509 g/mol. The number of sulfonamides is 1. The van der Waals surface area contributed by atoms with E-state index in [1.807, 2.05) is 0 Å². The first-order valence-electron chi connectivity index (χ1n) is 10.4. The maximum Gasteiger partial charge on any atom is 0.328 e. The summed E-state index contributed by atoms with van der Waals surface area (Å²) in [5, 5.41) is 11.0. The van der Waals surface area contributed by atoms with E-state index in [-0.39, 0.29) is 35.9 Å². The van der Waals surface area contributed by atoms with E-state index in [1.165, 1.54) is 21.1 Å². The predicted octanol–water partition coefficient (Wildman–Crippen LogP) is 2.05. The van der Waals surface area contributed by atoms with Gasteiger partial charge in [-0.05, 0) is 25.1 Å². The first-order valence-corrected chi connectivity index (χ1v) is 11.9. The number of nitro benzene ring substituents is 1. The fourth-order valence-electron chi connectivity index (χ4n) is 3.55. The van der Waals surface area contributed by atoms with Crippen LogP contribution in [0.25, 0.3) is 0 Å². The fourth-order valence-corrected chi connectivity index (χ4v) is 5.17. The number of ether oxygens (including phenoxy) is 4. The molecule has 188 valence electrons. The van der Waals surface area contributed by atoms with Gasteiger partial charge in [0.05, 0.1) is 30.5 Å². The molecule has 12 nitrogen and oxygen atoms in total. The van der Waals surface area contributed by atoms with E-state index in [0.29, 0.717) is 11.3 Å². The minimum atomic E-state index is -4.46. The number of esters is 2. The first kappa shape index (κ1) is 25.9. The standard InChI is InChI=1S/C22H24N2O10S/c1-14-21(22(26)33-11-10-20(25)34-14)23(13-15-4-7-17(31-2)12-19(15)32-3)35(29,30)18-8-5-16(6-9-18)24(27)28/h4-9,12,14,21H,10-11,13H2,1-3H3/t14-,21+/m1/s1. The summed E-state index contributed by atoms with van der Waals surface area (Å²) in [5.41, 5.74) is 0.0761. The topological polar surface area (TPSA) is 152 Å². The lowest BCUT2D eigenvalue weighted by Gasteiger charge is -2.34. The highest BCUT2D eigenvalue weighted by Crippen LogP contribution is 2.31. The number of rotatable bonds is 8. The molecule has 1 aliphatic rings. The maximum absolute atomic E-state index is 13.8. The Morgan fingerprint density at radius 2 is 1.80 bits per heavy atom. The molecule has 0 aliphatic carbocycles. The summed E-state index contributed by atoms with van der Waals surface area (Å²) in [7, 11) is -1.61. The van der Waals surface area contributed by atoms with Crippen molar-refractivity contribution in [3.63, 3.8) is 0 Å². The molecule has 1 fully saturated rings. The lowest BCUT2D eigenvalue weighted by Crippen LogP contribution is -2.53. The van der Waals surface area contributed by atoms with Gasteiger partial charge in [0.1, 0.15) is 24.2 Å². The Balaban J connectivity index is 2.13. The lowest BCUT2D eigenvalue weighted by atomic mass is 10.1. The van der Waals surface area contributed by atoms with Crippen molar-refractivity contribution in [2.75, 3.05) is 20.8 Å². The molecule has 2 aromatic rings. The Morgan fingerprint density at radius 3 is 2.40 bits per heavy atom. The van der Waals surface area contributed by atoms with Crippen LogP contribution in [0, 0.1) is 10.1 Å². The van der Waals surface area contributed by atoms with Crippen LogP contribution in [0.15, 0.2) is 47.4 Å². The number of hydrogen-bond acceptors (Lipinski definition) is 10. The monoisotopic (exact) mass is 508 g/mol. The van der Waals surface area contributed by atoms with E-state index in [4.69, 9.17) is 18.9 Å². The van der Waals surface area contributed by atoms with E-state index in [2.05, 4.69) is 0 Å². The Morgan fingerprint density at radius 1 is 1.11 bits per heavy atom. The van der Waals surface area contributed by atoms with Gasteiger partial charge in [-0.3, -0.25) is 19.7 Å². The minimum Gasteiger partial charge on any atom is -0.497 e. The lowest BCUT2D eigenvalue weighted by molar-refractivity contribution is -0.384. The summed E-state index contributed by atoms with van der Waals surface area (Å²) in [6, 6.07) is 7.39. The zero-order valence-electron chi connectivity index (χ0n) is 19.2. The number of benzene rings is 2. The van der Waals surface area contributed by atoms with E-state index < -0.39 is 39.0 Å². The molecule has 0 spiro atoms. The van der Waals surface area contributed by atoms with E-state index in [1.54, 1.807) is 18.2 Å².